The van der Waals surface area contributed by atoms with Crippen LogP contribution in [0, 0.1) is 0 Å². The predicted octanol–water partition coefficient (Wildman–Crippen LogP) is 7.65. The first kappa shape index (κ1) is 26.5. The van der Waals surface area contributed by atoms with Crippen molar-refractivity contribution in [1.29, 1.82) is 0 Å². The van der Waals surface area contributed by atoms with Crippen LogP contribution in [-0.2, 0) is 5.41 Å². The average molecular weight is 577 g/mol. The fourth-order valence-electron chi connectivity index (χ4n) is 6.39. The van der Waals surface area contributed by atoms with Gasteiger partial charge in [0.2, 0.25) is 0 Å². The van der Waals surface area contributed by atoms with Crippen LogP contribution >= 0.6 is 0 Å². The predicted molar refractivity (Wildman–Crippen MR) is 179 cm³/mol. The molecule has 0 bridgehead atoms. The third-order valence-corrected chi connectivity index (χ3v) is 8.59. The quantitative estimate of drug-likeness (QED) is 0.202. The lowest BCUT2D eigenvalue weighted by Crippen LogP contribution is -2.47. The molecule has 8 rings (SSSR count). The van der Waals surface area contributed by atoms with Crippen molar-refractivity contribution in [3.05, 3.63) is 127 Å². The maximum Gasteiger partial charge on any atom is 0.445 e. The minimum absolute atomic E-state index is 0.0151. The minimum atomic E-state index is -0.157. The largest absolute Gasteiger partial charge is 0.549 e. The Morgan fingerprint density at radius 2 is 1.55 bits per heavy atom. The Bertz CT molecular complexity index is 2080. The molecule has 2 aliphatic heterocycles. The number of fused-ring (bicyclic) bond motifs is 6. The number of pyridine rings is 1. The summed E-state index contributed by atoms with van der Waals surface area (Å²) in [5.74, 6) is 3.27. The Balaban J connectivity index is 1.18. The first-order valence-corrected chi connectivity index (χ1v) is 15.1. The molecule has 0 N–H and O–H groups in total. The minimum Gasteiger partial charge on any atom is -0.549 e. The fraction of sp³-hybridized carbons (Fsp3) is 0.162. The number of rotatable bonds is 4. The Morgan fingerprint density at radius 1 is 0.795 bits per heavy atom. The van der Waals surface area contributed by atoms with Gasteiger partial charge in [-0.05, 0) is 58.9 Å². The number of hydrogen-bond donors (Lipinski definition) is 0. The Hall–Kier alpha value is -5.17. The van der Waals surface area contributed by atoms with Gasteiger partial charge in [-0.15, -0.1) is 0 Å². The summed E-state index contributed by atoms with van der Waals surface area (Å²) in [5, 5.41) is 2.35. The van der Waals surface area contributed by atoms with Gasteiger partial charge < -0.3 is 19.2 Å². The Morgan fingerprint density at radius 3 is 2.39 bits per heavy atom. The van der Waals surface area contributed by atoms with E-state index in [0.717, 1.165) is 62.9 Å². The van der Waals surface area contributed by atoms with E-state index in [9.17, 15) is 0 Å². The van der Waals surface area contributed by atoms with Gasteiger partial charge in [0.1, 0.15) is 23.1 Å². The van der Waals surface area contributed by atoms with E-state index in [0.29, 0.717) is 0 Å². The second kappa shape index (κ2) is 9.95. The molecule has 0 saturated heterocycles. The van der Waals surface area contributed by atoms with Crippen molar-refractivity contribution in [3.63, 3.8) is 0 Å². The number of ether oxygens (including phenoxy) is 1. The molecule has 2 aliphatic rings. The Labute approximate surface area is 257 Å². The van der Waals surface area contributed by atoms with Gasteiger partial charge in [0.15, 0.2) is 0 Å². The molecule has 2 aromatic heterocycles. The van der Waals surface area contributed by atoms with Crippen LogP contribution in [0.15, 0.2) is 121 Å². The van der Waals surface area contributed by atoms with Crippen LogP contribution in [0.4, 0.5) is 5.69 Å². The van der Waals surface area contributed by atoms with Crippen LogP contribution in [0.1, 0.15) is 26.3 Å². The van der Waals surface area contributed by atoms with E-state index in [1.165, 1.54) is 10.9 Å². The van der Waals surface area contributed by atoms with E-state index in [1.54, 1.807) is 0 Å². The molecular formula is C37H33BN4O2. The van der Waals surface area contributed by atoms with Crippen LogP contribution < -0.4 is 19.8 Å². The van der Waals surface area contributed by atoms with Gasteiger partial charge in [-0.3, -0.25) is 4.57 Å². The van der Waals surface area contributed by atoms with Crippen molar-refractivity contribution in [2.24, 2.45) is 0 Å². The molecule has 0 spiro atoms. The van der Waals surface area contributed by atoms with Gasteiger partial charge in [-0.1, -0.05) is 69.3 Å². The summed E-state index contributed by atoms with van der Waals surface area (Å²) in [6.45, 7) is 7.29. The van der Waals surface area contributed by atoms with Crippen molar-refractivity contribution in [2.75, 3.05) is 18.6 Å². The highest BCUT2D eigenvalue weighted by atomic mass is 16.5. The SMILES string of the molecule is CN1C=C2B(c3ccccc3)Oc3ccc(Oc4ccc5c6ccccc6n(-c6cc(C(C)(C)C)ccn6)c5c4)cc3N2C1. The lowest BCUT2D eigenvalue weighted by Gasteiger charge is -2.34. The van der Waals surface area contributed by atoms with E-state index in [2.05, 4.69) is 133 Å². The standard InChI is InChI=1S/C37H33BN4O2/c1-37(2,3)25-18-19-39-36(20-25)42-31-13-9-8-12-29(31)30-16-14-27(21-32(30)42)43-28-15-17-34-33(22-28)41-24-40(4)23-35(41)38(44-34)26-10-6-5-7-11-26/h5-23H,24H2,1-4H3. The number of benzene rings is 4. The Kier molecular flexibility index (Phi) is 5.98. The van der Waals surface area contributed by atoms with Crippen molar-refractivity contribution in [2.45, 2.75) is 26.2 Å². The van der Waals surface area contributed by atoms with E-state index >= 15 is 0 Å². The summed E-state index contributed by atoms with van der Waals surface area (Å²) in [6, 6.07) is 35.6. The van der Waals surface area contributed by atoms with E-state index < -0.39 is 0 Å². The topological polar surface area (TPSA) is 42.8 Å². The number of para-hydroxylation sites is 1. The molecule has 0 aliphatic carbocycles. The summed E-state index contributed by atoms with van der Waals surface area (Å²) in [6.07, 6.45) is 4.08. The van der Waals surface area contributed by atoms with Crippen LogP contribution in [0.3, 0.4) is 0 Å². The second-order valence-corrected chi connectivity index (χ2v) is 12.7. The maximum atomic E-state index is 6.57. The smallest absolute Gasteiger partial charge is 0.445 e. The monoisotopic (exact) mass is 576 g/mol. The highest BCUT2D eigenvalue weighted by molar-refractivity contribution is 6.76. The van der Waals surface area contributed by atoms with E-state index in [-0.39, 0.29) is 12.3 Å². The van der Waals surface area contributed by atoms with Crippen molar-refractivity contribution in [1.82, 2.24) is 14.5 Å². The molecular weight excluding hydrogens is 543 g/mol. The lowest BCUT2D eigenvalue weighted by molar-refractivity contribution is 0.476. The molecule has 6 aromatic rings. The molecule has 4 aromatic carbocycles. The first-order valence-electron chi connectivity index (χ1n) is 15.1. The van der Waals surface area contributed by atoms with E-state index in [1.807, 2.05) is 24.4 Å². The third-order valence-electron chi connectivity index (χ3n) is 8.59. The highest BCUT2D eigenvalue weighted by Crippen LogP contribution is 2.42. The summed E-state index contributed by atoms with van der Waals surface area (Å²) in [4.78, 5) is 9.32. The van der Waals surface area contributed by atoms with E-state index in [4.69, 9.17) is 14.4 Å². The average Bonchev–Trinajstić information content (AvgIpc) is 3.58. The molecule has 0 fully saturated rings. The van der Waals surface area contributed by atoms with Crippen molar-refractivity contribution in [3.8, 4) is 23.1 Å². The molecule has 4 heterocycles. The summed E-state index contributed by atoms with van der Waals surface area (Å²) in [5.41, 5.74) is 6.70. The van der Waals surface area contributed by atoms with Crippen LogP contribution in [0.2, 0.25) is 0 Å². The van der Waals surface area contributed by atoms with Gasteiger partial charge in [0.05, 0.1) is 29.0 Å². The number of nitrogens with zero attached hydrogens (tertiary/aromatic N) is 4. The molecule has 0 radical (unpaired) electrons. The zero-order chi connectivity index (χ0) is 30.0. The maximum absolute atomic E-state index is 6.57. The summed E-state index contributed by atoms with van der Waals surface area (Å²) >= 11 is 0. The molecule has 44 heavy (non-hydrogen) atoms. The number of aromatic nitrogens is 2. The van der Waals surface area contributed by atoms with Gasteiger partial charge in [0.25, 0.3) is 0 Å². The van der Waals surface area contributed by atoms with Gasteiger partial charge >= 0.3 is 6.92 Å². The fourth-order valence-corrected chi connectivity index (χ4v) is 6.39. The molecule has 0 amide bonds. The van der Waals surface area contributed by atoms with Crippen LogP contribution in [-0.4, -0.2) is 35.1 Å². The third kappa shape index (κ3) is 4.39. The second-order valence-electron chi connectivity index (χ2n) is 12.7. The van der Waals surface area contributed by atoms with Gasteiger partial charge in [-0.25, -0.2) is 4.98 Å². The zero-order valence-electron chi connectivity index (χ0n) is 25.4. The molecule has 216 valence electrons. The molecule has 0 atom stereocenters. The number of anilines is 1. The van der Waals surface area contributed by atoms with Crippen molar-refractivity contribution < 1.29 is 9.39 Å². The number of hydrogen-bond acceptors (Lipinski definition) is 5. The van der Waals surface area contributed by atoms with Crippen LogP contribution in [0.25, 0.3) is 27.6 Å². The first-order chi connectivity index (χ1) is 21.3. The highest BCUT2D eigenvalue weighted by Gasteiger charge is 2.40. The normalized spacial score (nSPS) is 14.5. The van der Waals surface area contributed by atoms with Crippen LogP contribution in [0.5, 0.6) is 17.2 Å². The van der Waals surface area contributed by atoms with Gasteiger partial charge in [-0.2, -0.15) is 0 Å². The summed E-state index contributed by atoms with van der Waals surface area (Å²) < 4.78 is 15.4. The molecule has 7 heteroatoms. The zero-order valence-corrected chi connectivity index (χ0v) is 25.4. The molecule has 0 unspecified atom stereocenters. The molecule has 6 nitrogen and oxygen atoms in total. The lowest BCUT2D eigenvalue weighted by atomic mass is 9.57. The van der Waals surface area contributed by atoms with Gasteiger partial charge in [0, 0.05) is 42.3 Å². The van der Waals surface area contributed by atoms with Crippen molar-refractivity contribution >= 4 is 39.9 Å². The summed E-state index contributed by atoms with van der Waals surface area (Å²) in [7, 11) is 2.09. The molecule has 0 saturated carbocycles.